The fourth-order valence-electron chi connectivity index (χ4n) is 4.88. The maximum atomic E-state index is 13.1. The van der Waals surface area contributed by atoms with Crippen LogP contribution in [0.1, 0.15) is 55.0 Å². The van der Waals surface area contributed by atoms with Gasteiger partial charge in [-0.2, -0.15) is 5.21 Å². The van der Waals surface area contributed by atoms with E-state index in [9.17, 15) is 10.0 Å². The first-order valence-corrected chi connectivity index (χ1v) is 14.2. The molecular formula is C28H32ClN9O4. The number of H-pyrrole nitrogens is 1. The number of rotatable bonds is 12. The number of carbonyl (C=O) groups excluding carboxylic acids is 1. The van der Waals surface area contributed by atoms with E-state index in [2.05, 4.69) is 44.7 Å². The van der Waals surface area contributed by atoms with Crippen molar-refractivity contribution >= 4 is 17.6 Å². The number of aryl methyl sites for hydroxylation is 1. The Labute approximate surface area is 247 Å². The lowest BCUT2D eigenvalue weighted by atomic mass is 9.98. The summed E-state index contributed by atoms with van der Waals surface area (Å²) in [6.07, 6.45) is 3.38. The topological polar surface area (TPSA) is 149 Å². The minimum Gasteiger partial charge on any atom is -0.569 e. The number of imidazole rings is 1. The van der Waals surface area contributed by atoms with Crippen LogP contribution < -0.4 is 0 Å². The van der Waals surface area contributed by atoms with Crippen molar-refractivity contribution in [2.75, 3.05) is 19.9 Å². The Balaban J connectivity index is 1.31. The van der Waals surface area contributed by atoms with Gasteiger partial charge in [-0.3, -0.25) is 0 Å². The SMILES string of the molecule is CCCCc1nc(Cl)c(C(=O)OCO/N=[N+](\[O-])N2CCC(C)C2)n1Cc1ccc(-c2ccccc2-c2nn[nH]n2)cc1. The average molecular weight is 594 g/mol. The maximum absolute atomic E-state index is 13.1. The minimum atomic E-state index is -0.719. The molecule has 0 saturated carbocycles. The average Bonchev–Trinajstić information content (AvgIpc) is 3.75. The summed E-state index contributed by atoms with van der Waals surface area (Å²) in [5, 5.41) is 31.5. The first-order valence-electron chi connectivity index (χ1n) is 13.8. The highest BCUT2D eigenvalue weighted by atomic mass is 35.5. The summed E-state index contributed by atoms with van der Waals surface area (Å²) in [7, 11) is 0. The molecule has 1 aliphatic heterocycles. The van der Waals surface area contributed by atoms with E-state index in [1.807, 2.05) is 48.5 Å². The summed E-state index contributed by atoms with van der Waals surface area (Å²) >= 11 is 6.44. The third kappa shape index (κ3) is 6.68. The molecule has 0 spiro atoms. The predicted octanol–water partition coefficient (Wildman–Crippen LogP) is 5.04. The zero-order valence-corrected chi connectivity index (χ0v) is 24.2. The van der Waals surface area contributed by atoms with Gasteiger partial charge in [0.2, 0.25) is 11.1 Å². The molecule has 1 aliphatic rings. The van der Waals surface area contributed by atoms with Crippen LogP contribution in [0.4, 0.5) is 0 Å². The third-order valence-electron chi connectivity index (χ3n) is 7.09. The number of hydrogen-bond donors (Lipinski definition) is 1. The first kappa shape index (κ1) is 29.0. The lowest BCUT2D eigenvalue weighted by molar-refractivity contribution is -0.708. The molecule has 0 radical (unpaired) electrons. The molecular weight excluding hydrogens is 562 g/mol. The molecule has 1 fully saturated rings. The number of hydrazine groups is 1. The number of nitrogens with one attached hydrogen (secondary N) is 1. The van der Waals surface area contributed by atoms with Crippen LogP contribution in [0.5, 0.6) is 0 Å². The number of aromatic nitrogens is 6. The van der Waals surface area contributed by atoms with E-state index in [-0.39, 0.29) is 10.8 Å². The molecule has 5 rings (SSSR count). The van der Waals surface area contributed by atoms with Gasteiger partial charge in [0.25, 0.3) is 6.79 Å². The molecule has 0 aliphatic carbocycles. The van der Waals surface area contributed by atoms with Crippen LogP contribution in [0.25, 0.3) is 22.5 Å². The van der Waals surface area contributed by atoms with Crippen LogP contribution in [0.15, 0.2) is 53.8 Å². The minimum absolute atomic E-state index is 0.0465. The molecule has 1 unspecified atom stereocenters. The Morgan fingerprint density at radius 2 is 2.00 bits per heavy atom. The smallest absolute Gasteiger partial charge is 0.361 e. The van der Waals surface area contributed by atoms with Crippen LogP contribution in [-0.4, -0.2) is 66.0 Å². The van der Waals surface area contributed by atoms with E-state index in [0.717, 1.165) is 41.5 Å². The maximum Gasteiger partial charge on any atom is 0.361 e. The molecule has 220 valence electrons. The molecule has 2 aromatic carbocycles. The van der Waals surface area contributed by atoms with Crippen LogP contribution in [0.3, 0.4) is 0 Å². The van der Waals surface area contributed by atoms with Crippen molar-refractivity contribution in [3.05, 3.63) is 76.0 Å². The molecule has 14 heteroatoms. The zero-order chi connectivity index (χ0) is 29.5. The number of unbranched alkanes of at least 4 members (excludes halogenated alkanes) is 1. The number of nitrogens with zero attached hydrogens (tertiary/aromatic N) is 8. The number of benzene rings is 2. The predicted molar refractivity (Wildman–Crippen MR) is 153 cm³/mol. The van der Waals surface area contributed by atoms with Gasteiger partial charge in [0, 0.05) is 18.5 Å². The highest BCUT2D eigenvalue weighted by Gasteiger charge is 2.26. The van der Waals surface area contributed by atoms with Gasteiger partial charge in [0.15, 0.2) is 10.8 Å². The van der Waals surface area contributed by atoms with Crippen LogP contribution in [0, 0.1) is 11.1 Å². The second kappa shape index (κ2) is 13.4. The Morgan fingerprint density at radius 3 is 2.69 bits per heavy atom. The number of aromatic amines is 1. The van der Waals surface area contributed by atoms with Gasteiger partial charge in [-0.25, -0.2) is 9.78 Å². The van der Waals surface area contributed by atoms with Gasteiger partial charge in [-0.1, -0.05) is 80.4 Å². The van der Waals surface area contributed by atoms with E-state index >= 15 is 0 Å². The highest BCUT2D eigenvalue weighted by Crippen LogP contribution is 2.30. The second-order valence-electron chi connectivity index (χ2n) is 10.2. The third-order valence-corrected chi connectivity index (χ3v) is 7.35. The van der Waals surface area contributed by atoms with E-state index in [1.165, 1.54) is 5.01 Å². The van der Waals surface area contributed by atoms with Gasteiger partial charge < -0.3 is 19.3 Å². The number of esters is 1. The number of carbonyl (C=O) groups is 1. The monoisotopic (exact) mass is 593 g/mol. The molecule has 0 bridgehead atoms. The van der Waals surface area contributed by atoms with Crippen molar-refractivity contribution < 1.29 is 19.3 Å². The van der Waals surface area contributed by atoms with Gasteiger partial charge >= 0.3 is 5.97 Å². The summed E-state index contributed by atoms with van der Waals surface area (Å²) in [6, 6.07) is 15.8. The van der Waals surface area contributed by atoms with Crippen LogP contribution in [0.2, 0.25) is 5.15 Å². The Kier molecular flexibility index (Phi) is 9.27. The van der Waals surface area contributed by atoms with E-state index in [1.54, 1.807) is 4.57 Å². The van der Waals surface area contributed by atoms with Gasteiger partial charge in [-0.15, -0.1) is 15.2 Å². The largest absolute Gasteiger partial charge is 0.569 e. The molecule has 3 heterocycles. The van der Waals surface area contributed by atoms with Crippen molar-refractivity contribution in [3.63, 3.8) is 0 Å². The summed E-state index contributed by atoms with van der Waals surface area (Å²) in [6.45, 7) is 5.14. The number of ether oxygens (including phenoxy) is 1. The summed E-state index contributed by atoms with van der Waals surface area (Å²) in [5.74, 6) is 0.877. The number of tetrazole rings is 1. The van der Waals surface area contributed by atoms with Crippen molar-refractivity contribution in [1.82, 2.24) is 35.2 Å². The van der Waals surface area contributed by atoms with Gasteiger partial charge in [-0.05, 0) is 40.7 Å². The fraction of sp³-hybridized carbons (Fsp3) is 0.393. The van der Waals surface area contributed by atoms with Crippen LogP contribution >= 0.6 is 11.6 Å². The molecule has 13 nitrogen and oxygen atoms in total. The summed E-state index contributed by atoms with van der Waals surface area (Å²) < 4.78 is 7.03. The van der Waals surface area contributed by atoms with Crippen molar-refractivity contribution in [2.45, 2.75) is 46.1 Å². The number of hydrogen-bond acceptors (Lipinski definition) is 9. The standard InChI is InChI=1S/C28H32ClN9O4/c1-3-4-9-24-30-26(29)25(28(39)41-18-42-35-38(40)36-15-14-19(2)16-36)37(24)17-20-10-12-21(13-11-20)22-7-5-6-8-23(22)27-31-33-34-32-27/h5-8,10-13,19H,3-4,9,14-18H2,1-2H3,(H,31,32,33,34)/b38-35-. The molecule has 1 N–H and O–H groups in total. The quantitative estimate of drug-likeness (QED) is 0.0595. The summed E-state index contributed by atoms with van der Waals surface area (Å²) in [5.41, 5.74) is 3.85. The lowest BCUT2D eigenvalue weighted by Gasteiger charge is -2.13. The Morgan fingerprint density at radius 1 is 1.21 bits per heavy atom. The van der Waals surface area contributed by atoms with Crippen molar-refractivity contribution in [2.24, 2.45) is 11.2 Å². The lowest BCUT2D eigenvalue weighted by Crippen LogP contribution is -2.28. The zero-order valence-electron chi connectivity index (χ0n) is 23.4. The Hall–Kier alpha value is -4.52. The van der Waals surface area contributed by atoms with Crippen LogP contribution in [-0.2, 0) is 22.5 Å². The van der Waals surface area contributed by atoms with Crippen molar-refractivity contribution in [1.29, 1.82) is 0 Å². The molecule has 1 atom stereocenters. The van der Waals surface area contributed by atoms with Gasteiger partial charge in [0.05, 0.1) is 18.1 Å². The molecule has 42 heavy (non-hydrogen) atoms. The van der Waals surface area contributed by atoms with Crippen molar-refractivity contribution in [3.8, 4) is 22.5 Å². The number of halogens is 1. The fourth-order valence-corrected chi connectivity index (χ4v) is 5.15. The van der Waals surface area contributed by atoms with E-state index in [4.69, 9.17) is 21.2 Å². The molecule has 1 saturated heterocycles. The van der Waals surface area contributed by atoms with E-state index < -0.39 is 12.8 Å². The highest BCUT2D eigenvalue weighted by molar-refractivity contribution is 6.32. The van der Waals surface area contributed by atoms with Gasteiger partial charge in [0.1, 0.15) is 5.82 Å². The summed E-state index contributed by atoms with van der Waals surface area (Å²) in [4.78, 5) is 22.9. The van der Waals surface area contributed by atoms with E-state index in [0.29, 0.717) is 48.6 Å². The molecule has 4 aromatic rings. The molecule has 2 aromatic heterocycles. The normalized spacial score (nSPS) is 15.3. The Bertz CT molecular complexity index is 1520. The molecule has 0 amide bonds. The first-order chi connectivity index (χ1) is 20.4. The second-order valence-corrected chi connectivity index (χ2v) is 10.5.